The van der Waals surface area contributed by atoms with Crippen molar-refractivity contribution in [3.05, 3.63) is 70.3 Å². The van der Waals surface area contributed by atoms with Gasteiger partial charge in [0.25, 0.3) is 5.91 Å². The quantitative estimate of drug-likeness (QED) is 0.784. The number of benzene rings is 2. The van der Waals surface area contributed by atoms with Crippen molar-refractivity contribution in [2.75, 3.05) is 6.54 Å². The van der Waals surface area contributed by atoms with Crippen molar-refractivity contribution in [3.63, 3.8) is 0 Å². The summed E-state index contributed by atoms with van der Waals surface area (Å²) in [4.78, 5) is 14.5. The lowest BCUT2D eigenvalue weighted by molar-refractivity contribution is 0.0787. The molecule has 0 saturated carbocycles. The van der Waals surface area contributed by atoms with Gasteiger partial charge in [0.2, 0.25) is 0 Å². The first-order chi connectivity index (χ1) is 10.1. The number of fused-ring (bicyclic) bond motifs is 3. The van der Waals surface area contributed by atoms with E-state index in [1.54, 1.807) is 0 Å². The first-order valence-electron chi connectivity index (χ1n) is 7.27. The van der Waals surface area contributed by atoms with Crippen molar-refractivity contribution < 1.29 is 4.79 Å². The molecule has 2 nitrogen and oxygen atoms in total. The van der Waals surface area contributed by atoms with Gasteiger partial charge in [-0.3, -0.25) is 4.79 Å². The molecule has 2 unspecified atom stereocenters. The summed E-state index contributed by atoms with van der Waals surface area (Å²) in [6, 6.07) is 14.7. The Hall–Kier alpha value is -1.74. The topological polar surface area (TPSA) is 20.3 Å². The average molecular weight is 295 g/mol. The van der Waals surface area contributed by atoms with E-state index in [2.05, 4.69) is 38.1 Å². The highest BCUT2D eigenvalue weighted by atomic mass is 32.2. The van der Waals surface area contributed by atoms with Gasteiger partial charge in [0.15, 0.2) is 0 Å². The van der Waals surface area contributed by atoms with Crippen LogP contribution in [0.5, 0.6) is 0 Å². The molecule has 0 radical (unpaired) electrons. The maximum absolute atomic E-state index is 12.5. The molecule has 1 amide bonds. The Morgan fingerprint density at radius 1 is 1.10 bits per heavy atom. The van der Waals surface area contributed by atoms with Gasteiger partial charge in [-0.1, -0.05) is 47.5 Å². The summed E-state index contributed by atoms with van der Waals surface area (Å²) in [6.45, 7) is 5.08. The zero-order valence-electron chi connectivity index (χ0n) is 12.2. The highest BCUT2D eigenvalue weighted by Crippen LogP contribution is 2.54. The van der Waals surface area contributed by atoms with Crippen LogP contribution in [0.2, 0.25) is 0 Å². The minimum absolute atomic E-state index is 0.190. The monoisotopic (exact) mass is 295 g/mol. The number of rotatable bonds is 1. The van der Waals surface area contributed by atoms with E-state index < -0.39 is 0 Å². The maximum atomic E-state index is 12.5. The lowest BCUT2D eigenvalue weighted by Crippen LogP contribution is -2.23. The summed E-state index contributed by atoms with van der Waals surface area (Å²) in [7, 11) is 0. The SMILES string of the molecule is Cc1cc(C)cc(C2CN3C(=O)c4ccccc4C3S2)c1. The third kappa shape index (κ3) is 1.99. The Morgan fingerprint density at radius 2 is 1.81 bits per heavy atom. The van der Waals surface area contributed by atoms with Crippen LogP contribution in [0, 0.1) is 13.8 Å². The molecule has 106 valence electrons. The second-order valence-corrected chi connectivity index (χ2v) is 7.23. The summed E-state index contributed by atoms with van der Waals surface area (Å²) in [5.41, 5.74) is 6.00. The van der Waals surface area contributed by atoms with E-state index in [0.717, 1.165) is 12.1 Å². The molecule has 2 aliphatic rings. The van der Waals surface area contributed by atoms with E-state index in [4.69, 9.17) is 0 Å². The average Bonchev–Trinajstić information content (AvgIpc) is 2.99. The fourth-order valence-corrected chi connectivity index (χ4v) is 4.95. The number of thioether (sulfide) groups is 1. The summed E-state index contributed by atoms with van der Waals surface area (Å²) in [6.07, 6.45) is 0. The molecule has 2 heterocycles. The number of carbonyl (C=O) groups is 1. The van der Waals surface area contributed by atoms with E-state index in [1.807, 2.05) is 34.9 Å². The Morgan fingerprint density at radius 3 is 2.57 bits per heavy atom. The standard InChI is InChI=1S/C18H17NOS/c1-11-7-12(2)9-13(8-11)16-10-19-17(20)14-5-3-4-6-15(14)18(19)21-16/h3-9,16,18H,10H2,1-2H3. The van der Waals surface area contributed by atoms with Crippen LogP contribution in [0.25, 0.3) is 0 Å². The van der Waals surface area contributed by atoms with Crippen molar-refractivity contribution >= 4 is 17.7 Å². The highest BCUT2D eigenvalue weighted by molar-refractivity contribution is 8.00. The van der Waals surface area contributed by atoms with Crippen LogP contribution in [-0.4, -0.2) is 17.4 Å². The van der Waals surface area contributed by atoms with Crippen LogP contribution in [0.3, 0.4) is 0 Å². The molecule has 2 atom stereocenters. The van der Waals surface area contributed by atoms with Gasteiger partial charge in [-0.15, -0.1) is 11.8 Å². The maximum Gasteiger partial charge on any atom is 0.255 e. The van der Waals surface area contributed by atoms with E-state index in [1.165, 1.54) is 22.3 Å². The zero-order valence-corrected chi connectivity index (χ0v) is 13.0. The number of nitrogens with zero attached hydrogens (tertiary/aromatic N) is 1. The Kier molecular flexibility index (Phi) is 2.86. The van der Waals surface area contributed by atoms with Crippen molar-refractivity contribution in [1.82, 2.24) is 4.90 Å². The third-order valence-corrected chi connectivity index (χ3v) is 5.79. The second-order valence-electron chi connectivity index (χ2n) is 5.94. The predicted octanol–water partition coefficient (Wildman–Crippen LogP) is 4.25. The van der Waals surface area contributed by atoms with E-state index in [9.17, 15) is 4.79 Å². The molecule has 21 heavy (non-hydrogen) atoms. The van der Waals surface area contributed by atoms with Gasteiger partial charge in [-0.05, 0) is 31.0 Å². The van der Waals surface area contributed by atoms with Crippen LogP contribution in [0.1, 0.15) is 43.2 Å². The lowest BCUT2D eigenvalue weighted by Gasteiger charge is -2.14. The zero-order chi connectivity index (χ0) is 14.6. The number of amides is 1. The predicted molar refractivity (Wildman–Crippen MR) is 86.5 cm³/mol. The van der Waals surface area contributed by atoms with Gasteiger partial charge in [-0.2, -0.15) is 0 Å². The van der Waals surface area contributed by atoms with Crippen LogP contribution in [0.4, 0.5) is 0 Å². The van der Waals surface area contributed by atoms with Crippen LogP contribution >= 0.6 is 11.8 Å². The first kappa shape index (κ1) is 13.0. The molecule has 0 aromatic heterocycles. The molecule has 1 fully saturated rings. The molecule has 0 aliphatic carbocycles. The van der Waals surface area contributed by atoms with Crippen LogP contribution in [0.15, 0.2) is 42.5 Å². The molecular formula is C18H17NOS. The summed E-state index contributed by atoms with van der Waals surface area (Å²) < 4.78 is 0. The fourth-order valence-electron chi connectivity index (χ4n) is 3.42. The lowest BCUT2D eigenvalue weighted by atomic mass is 10.0. The number of hydrogen-bond donors (Lipinski definition) is 0. The highest BCUT2D eigenvalue weighted by Gasteiger charge is 2.44. The Bertz CT molecular complexity index is 719. The first-order valence-corrected chi connectivity index (χ1v) is 8.21. The van der Waals surface area contributed by atoms with Gasteiger partial charge in [-0.25, -0.2) is 0 Å². The molecule has 2 aliphatic heterocycles. The minimum atomic E-state index is 0.190. The Balaban J connectivity index is 1.69. The number of hydrogen-bond acceptors (Lipinski definition) is 2. The van der Waals surface area contributed by atoms with Gasteiger partial charge in [0.05, 0.1) is 0 Å². The second kappa shape index (κ2) is 4.63. The molecule has 2 aromatic carbocycles. The van der Waals surface area contributed by atoms with Crippen molar-refractivity contribution in [2.45, 2.75) is 24.5 Å². The Labute approximate surface area is 129 Å². The van der Waals surface area contributed by atoms with E-state index in [-0.39, 0.29) is 11.3 Å². The van der Waals surface area contributed by atoms with Crippen molar-refractivity contribution in [2.24, 2.45) is 0 Å². The molecule has 1 saturated heterocycles. The van der Waals surface area contributed by atoms with Crippen LogP contribution in [-0.2, 0) is 0 Å². The summed E-state index contributed by atoms with van der Waals surface area (Å²) >= 11 is 1.90. The smallest absolute Gasteiger partial charge is 0.255 e. The fraction of sp³-hybridized carbons (Fsp3) is 0.278. The van der Waals surface area contributed by atoms with Gasteiger partial charge in [0, 0.05) is 17.4 Å². The summed E-state index contributed by atoms with van der Waals surface area (Å²) in [5.74, 6) is 0.190. The third-order valence-electron chi connectivity index (χ3n) is 4.27. The summed E-state index contributed by atoms with van der Waals surface area (Å²) in [5, 5.41) is 0.574. The molecule has 2 aromatic rings. The molecule has 0 N–H and O–H groups in total. The van der Waals surface area contributed by atoms with Crippen molar-refractivity contribution in [3.8, 4) is 0 Å². The minimum Gasteiger partial charge on any atom is -0.321 e. The molecule has 0 spiro atoms. The van der Waals surface area contributed by atoms with Crippen molar-refractivity contribution in [1.29, 1.82) is 0 Å². The van der Waals surface area contributed by atoms with Gasteiger partial charge >= 0.3 is 0 Å². The number of carbonyl (C=O) groups excluding carboxylic acids is 1. The van der Waals surface area contributed by atoms with Gasteiger partial charge < -0.3 is 4.90 Å². The van der Waals surface area contributed by atoms with Crippen LogP contribution < -0.4 is 0 Å². The molecular weight excluding hydrogens is 278 g/mol. The largest absolute Gasteiger partial charge is 0.321 e. The van der Waals surface area contributed by atoms with E-state index in [0.29, 0.717) is 5.25 Å². The number of aryl methyl sites for hydroxylation is 2. The molecule has 0 bridgehead atoms. The van der Waals surface area contributed by atoms with Gasteiger partial charge in [0.1, 0.15) is 5.37 Å². The van der Waals surface area contributed by atoms with E-state index >= 15 is 0 Å². The molecule has 3 heteroatoms. The normalized spacial score (nSPS) is 23.3. The molecule has 4 rings (SSSR count).